The SMILES string of the molecule is CCOc1ccc(-c2ccc(C(=O)NS(=O)(=O)C3=CC=CCC3=O)c(Oc3c(C)cc(C)cc3C)n2)cn1. The zero-order valence-corrected chi connectivity index (χ0v) is 22.3. The number of aromatic nitrogens is 2. The first kappa shape index (κ1) is 26.7. The zero-order chi connectivity index (χ0) is 27.4. The van der Waals surface area contributed by atoms with Crippen molar-refractivity contribution in [1.29, 1.82) is 0 Å². The van der Waals surface area contributed by atoms with Crippen LogP contribution in [-0.4, -0.2) is 36.7 Å². The number of aryl methyl sites for hydroxylation is 3. The lowest BCUT2D eigenvalue weighted by molar-refractivity contribution is -0.114. The molecule has 0 aliphatic heterocycles. The summed E-state index contributed by atoms with van der Waals surface area (Å²) in [6.07, 6.45) is 5.68. The van der Waals surface area contributed by atoms with Gasteiger partial charge in [-0.3, -0.25) is 9.59 Å². The minimum absolute atomic E-state index is 0.0619. The fourth-order valence-electron chi connectivity index (χ4n) is 4.04. The van der Waals surface area contributed by atoms with Gasteiger partial charge in [-0.15, -0.1) is 0 Å². The third-order valence-electron chi connectivity index (χ3n) is 5.71. The Kier molecular flexibility index (Phi) is 7.72. The van der Waals surface area contributed by atoms with Gasteiger partial charge in [0.15, 0.2) is 5.78 Å². The normalized spacial score (nSPS) is 13.2. The van der Waals surface area contributed by atoms with Crippen LogP contribution in [0.5, 0.6) is 17.5 Å². The van der Waals surface area contributed by atoms with Crippen molar-refractivity contribution >= 4 is 21.7 Å². The molecule has 10 heteroatoms. The summed E-state index contributed by atoms with van der Waals surface area (Å²) in [6.45, 7) is 8.03. The highest BCUT2D eigenvalue weighted by atomic mass is 32.2. The average molecular weight is 534 g/mol. The highest BCUT2D eigenvalue weighted by Crippen LogP contribution is 2.33. The summed E-state index contributed by atoms with van der Waals surface area (Å²) in [6, 6.07) is 10.3. The van der Waals surface area contributed by atoms with Crippen molar-refractivity contribution in [1.82, 2.24) is 14.7 Å². The molecule has 196 valence electrons. The lowest BCUT2D eigenvalue weighted by Gasteiger charge is -2.16. The molecule has 0 bridgehead atoms. The third kappa shape index (κ3) is 5.81. The number of hydrogen-bond acceptors (Lipinski definition) is 8. The monoisotopic (exact) mass is 533 g/mol. The number of ether oxygens (including phenoxy) is 2. The molecule has 1 aliphatic carbocycles. The lowest BCUT2D eigenvalue weighted by Crippen LogP contribution is -2.34. The molecule has 0 saturated heterocycles. The third-order valence-corrected chi connectivity index (χ3v) is 7.11. The maximum Gasteiger partial charge on any atom is 0.270 e. The molecule has 1 aliphatic rings. The number of amides is 1. The van der Waals surface area contributed by atoms with Gasteiger partial charge in [-0.1, -0.05) is 29.8 Å². The molecular weight excluding hydrogens is 506 g/mol. The van der Waals surface area contributed by atoms with Crippen molar-refractivity contribution in [2.24, 2.45) is 0 Å². The molecule has 0 radical (unpaired) electrons. The number of benzene rings is 1. The summed E-state index contributed by atoms with van der Waals surface area (Å²) in [5.41, 5.74) is 3.66. The smallest absolute Gasteiger partial charge is 0.270 e. The lowest BCUT2D eigenvalue weighted by atomic mass is 10.1. The van der Waals surface area contributed by atoms with Gasteiger partial charge in [-0.2, -0.15) is 0 Å². The molecule has 0 saturated carbocycles. The van der Waals surface area contributed by atoms with E-state index in [1.807, 2.05) is 44.5 Å². The number of carbonyl (C=O) groups excluding carboxylic acids is 2. The van der Waals surface area contributed by atoms with Gasteiger partial charge in [0.05, 0.1) is 12.3 Å². The van der Waals surface area contributed by atoms with E-state index in [9.17, 15) is 18.0 Å². The number of sulfonamides is 1. The van der Waals surface area contributed by atoms with Crippen LogP contribution in [0.15, 0.2) is 65.7 Å². The summed E-state index contributed by atoms with van der Waals surface area (Å²) >= 11 is 0. The molecule has 2 aromatic heterocycles. The van der Waals surface area contributed by atoms with Gasteiger partial charge in [-0.05, 0) is 63.1 Å². The second-order valence-electron chi connectivity index (χ2n) is 8.72. The predicted molar refractivity (Wildman–Crippen MR) is 143 cm³/mol. The molecule has 1 aromatic carbocycles. The highest BCUT2D eigenvalue weighted by molar-refractivity contribution is 7.95. The van der Waals surface area contributed by atoms with Crippen molar-refractivity contribution in [2.45, 2.75) is 34.1 Å². The van der Waals surface area contributed by atoms with E-state index in [4.69, 9.17) is 9.47 Å². The quantitative estimate of drug-likeness (QED) is 0.441. The minimum atomic E-state index is -4.41. The van der Waals surface area contributed by atoms with E-state index in [0.29, 0.717) is 29.5 Å². The molecule has 3 aromatic rings. The first-order chi connectivity index (χ1) is 18.1. The van der Waals surface area contributed by atoms with Crippen LogP contribution in [0, 0.1) is 20.8 Å². The van der Waals surface area contributed by atoms with E-state index in [1.54, 1.807) is 30.5 Å². The number of ketones is 1. The van der Waals surface area contributed by atoms with E-state index in [1.165, 1.54) is 12.1 Å². The van der Waals surface area contributed by atoms with Gasteiger partial charge in [0.1, 0.15) is 16.2 Å². The minimum Gasteiger partial charge on any atom is -0.478 e. The van der Waals surface area contributed by atoms with Crippen molar-refractivity contribution in [3.63, 3.8) is 0 Å². The topological polar surface area (TPSA) is 125 Å². The van der Waals surface area contributed by atoms with Crippen molar-refractivity contribution in [3.8, 4) is 28.8 Å². The van der Waals surface area contributed by atoms with Crippen LogP contribution in [-0.2, 0) is 14.8 Å². The standard InChI is InChI=1S/C28H27N3O6S/c1-5-36-25-13-10-20(16-29-25)22-12-11-21(27(33)31-38(34,35)24-9-7-6-8-23(24)32)28(30-22)37-26-18(3)14-17(2)15-19(26)4/h6-7,9-16H,5,8H2,1-4H3,(H,31,33). The number of hydrogen-bond donors (Lipinski definition) is 1. The van der Waals surface area contributed by atoms with Crippen molar-refractivity contribution in [2.75, 3.05) is 6.61 Å². The fraction of sp³-hybridized carbons (Fsp3) is 0.214. The first-order valence-corrected chi connectivity index (χ1v) is 13.4. The van der Waals surface area contributed by atoms with Crippen LogP contribution < -0.4 is 14.2 Å². The second kappa shape index (κ2) is 11.0. The summed E-state index contributed by atoms with van der Waals surface area (Å²) in [5.74, 6) is -0.720. The van der Waals surface area contributed by atoms with E-state index < -0.39 is 26.6 Å². The molecule has 0 fully saturated rings. The number of Topliss-reactive ketones (excluding diaryl/α,β-unsaturated/α-hetero) is 1. The Morgan fingerprint density at radius 2 is 1.82 bits per heavy atom. The molecule has 9 nitrogen and oxygen atoms in total. The molecule has 2 heterocycles. The fourth-order valence-corrected chi connectivity index (χ4v) is 5.14. The Morgan fingerprint density at radius 3 is 2.45 bits per heavy atom. The molecule has 1 N–H and O–H groups in total. The van der Waals surface area contributed by atoms with Crippen LogP contribution in [0.2, 0.25) is 0 Å². The number of carbonyl (C=O) groups is 2. The van der Waals surface area contributed by atoms with Crippen LogP contribution >= 0.6 is 0 Å². The Bertz CT molecular complexity index is 1550. The number of pyridine rings is 2. The largest absolute Gasteiger partial charge is 0.478 e. The molecule has 38 heavy (non-hydrogen) atoms. The van der Waals surface area contributed by atoms with Crippen molar-refractivity contribution in [3.05, 3.63) is 88.0 Å². The second-order valence-corrected chi connectivity index (χ2v) is 10.4. The molecule has 0 spiro atoms. The maximum absolute atomic E-state index is 13.2. The number of nitrogens with zero attached hydrogens (tertiary/aromatic N) is 2. The van der Waals surface area contributed by atoms with Gasteiger partial charge in [0.2, 0.25) is 11.8 Å². The Morgan fingerprint density at radius 1 is 1.08 bits per heavy atom. The van der Waals surface area contributed by atoms with Gasteiger partial charge < -0.3 is 9.47 Å². The zero-order valence-electron chi connectivity index (χ0n) is 21.4. The number of allylic oxidation sites excluding steroid dienone is 4. The Labute approximate surface area is 221 Å². The van der Waals surface area contributed by atoms with Gasteiger partial charge in [-0.25, -0.2) is 23.1 Å². The van der Waals surface area contributed by atoms with Crippen LogP contribution in [0.1, 0.15) is 40.4 Å². The highest BCUT2D eigenvalue weighted by Gasteiger charge is 2.29. The molecular formula is C28H27N3O6S. The Balaban J connectivity index is 1.75. The molecule has 0 unspecified atom stereocenters. The van der Waals surface area contributed by atoms with Crippen LogP contribution in [0.3, 0.4) is 0 Å². The molecule has 4 rings (SSSR count). The molecule has 0 atom stereocenters. The Hall–Kier alpha value is -4.31. The summed E-state index contributed by atoms with van der Waals surface area (Å²) < 4.78 is 39.2. The average Bonchev–Trinajstić information content (AvgIpc) is 2.86. The maximum atomic E-state index is 13.2. The van der Waals surface area contributed by atoms with Gasteiger partial charge in [0.25, 0.3) is 15.9 Å². The number of rotatable bonds is 8. The summed E-state index contributed by atoms with van der Waals surface area (Å²) in [7, 11) is -4.41. The number of nitrogens with one attached hydrogen (secondary N) is 1. The summed E-state index contributed by atoms with van der Waals surface area (Å²) in [4.78, 5) is 33.7. The van der Waals surface area contributed by atoms with E-state index in [-0.39, 0.29) is 17.9 Å². The predicted octanol–water partition coefficient (Wildman–Crippen LogP) is 4.73. The van der Waals surface area contributed by atoms with Gasteiger partial charge >= 0.3 is 0 Å². The van der Waals surface area contributed by atoms with Crippen LogP contribution in [0.4, 0.5) is 0 Å². The van der Waals surface area contributed by atoms with E-state index in [2.05, 4.69) is 9.97 Å². The molecule has 1 amide bonds. The van der Waals surface area contributed by atoms with E-state index >= 15 is 0 Å². The van der Waals surface area contributed by atoms with Crippen molar-refractivity contribution < 1.29 is 27.5 Å². The summed E-state index contributed by atoms with van der Waals surface area (Å²) in [5, 5.41) is 0. The van der Waals surface area contributed by atoms with E-state index in [0.717, 1.165) is 22.8 Å². The first-order valence-electron chi connectivity index (χ1n) is 11.9. The van der Waals surface area contributed by atoms with Gasteiger partial charge in [0, 0.05) is 24.2 Å². The van der Waals surface area contributed by atoms with Crippen LogP contribution in [0.25, 0.3) is 11.3 Å².